The maximum absolute atomic E-state index is 13.8. The Morgan fingerprint density at radius 1 is 0.342 bits per heavy atom. The van der Waals surface area contributed by atoms with Crippen LogP contribution in [0, 0.1) is 0 Å². The molecule has 27 heteroatoms. The van der Waals surface area contributed by atoms with Gasteiger partial charge in [0.1, 0.15) is 0 Å². The number of nitrogens with zero attached hydrogens (tertiary/aromatic N) is 3. The van der Waals surface area contributed by atoms with E-state index in [-0.39, 0.29) is 60.5 Å². The van der Waals surface area contributed by atoms with Crippen LogP contribution in [0.4, 0.5) is 17.1 Å². The molecule has 3 saturated heterocycles. The first kappa shape index (κ1) is 79.6. The van der Waals surface area contributed by atoms with Crippen molar-refractivity contribution in [3.63, 3.8) is 0 Å². The number of carbonyl (C=O) groups excluding carboxylic acids is 5. The Hall–Kier alpha value is -12.4. The van der Waals surface area contributed by atoms with Crippen LogP contribution in [0.5, 0.6) is 69.0 Å². The van der Waals surface area contributed by atoms with Crippen molar-refractivity contribution < 1.29 is 110 Å². The van der Waals surface area contributed by atoms with E-state index in [1.807, 2.05) is 109 Å². The molecule has 576 valence electrons. The molecule has 13 rings (SSSR count). The Balaban J connectivity index is 0.000000165. The van der Waals surface area contributed by atoms with Crippen molar-refractivity contribution in [3.8, 4) is 69.0 Å². The van der Waals surface area contributed by atoms with E-state index in [1.54, 1.807) is 106 Å². The molecule has 3 aliphatic rings. The molecular weight excluding hydrogens is 1450 g/mol. The van der Waals surface area contributed by atoms with Crippen LogP contribution in [-0.2, 0) is 43.6 Å². The number of phosphoric acid groups is 1. The monoisotopic (exact) mass is 1530 g/mol. The molecule has 0 aromatic heterocycles. The van der Waals surface area contributed by atoms with Crippen molar-refractivity contribution in [1.29, 1.82) is 0 Å². The van der Waals surface area contributed by atoms with Crippen LogP contribution in [0.1, 0.15) is 103 Å². The van der Waals surface area contributed by atoms with Crippen molar-refractivity contribution in [3.05, 3.63) is 268 Å². The van der Waals surface area contributed by atoms with Crippen molar-refractivity contribution in [2.24, 2.45) is 0 Å². The van der Waals surface area contributed by atoms with Crippen LogP contribution >= 0.6 is 7.82 Å². The fraction of sp³-hybridized carbons (Fsp3) is 0.226. The number of esters is 2. The molecule has 0 spiro atoms. The first-order chi connectivity index (χ1) is 53.6. The summed E-state index contributed by atoms with van der Waals surface area (Å²) >= 11 is 0. The van der Waals surface area contributed by atoms with Crippen LogP contribution in [0.3, 0.4) is 0 Å². The van der Waals surface area contributed by atoms with E-state index in [9.17, 15) is 53.6 Å². The third kappa shape index (κ3) is 16.6. The zero-order valence-electron chi connectivity index (χ0n) is 62.2. The summed E-state index contributed by atoms with van der Waals surface area (Å²) in [5, 5.41) is 29.8. The van der Waals surface area contributed by atoms with Crippen LogP contribution in [0.25, 0.3) is 0 Å². The van der Waals surface area contributed by atoms with Gasteiger partial charge in [0.25, 0.3) is 0 Å². The molecule has 0 bridgehead atoms. The molecule has 3 fully saturated rings. The van der Waals surface area contributed by atoms with E-state index < -0.39 is 55.6 Å². The Kier molecular flexibility index (Phi) is 25.3. The number of rotatable bonds is 26. The van der Waals surface area contributed by atoms with Crippen LogP contribution in [0.15, 0.2) is 212 Å². The topological polar surface area (TPSA) is 324 Å². The van der Waals surface area contributed by atoms with Gasteiger partial charge in [-0.15, -0.1) is 0 Å². The Morgan fingerprint density at radius 2 is 0.631 bits per heavy atom. The molecule has 10 aromatic carbocycles. The van der Waals surface area contributed by atoms with Gasteiger partial charge >= 0.3 is 19.8 Å². The lowest BCUT2D eigenvalue weighted by atomic mass is 9.77. The van der Waals surface area contributed by atoms with E-state index in [0.29, 0.717) is 90.9 Å². The van der Waals surface area contributed by atoms with E-state index in [2.05, 4.69) is 0 Å². The fourth-order valence-corrected chi connectivity index (χ4v) is 14.4. The van der Waals surface area contributed by atoms with Gasteiger partial charge in [-0.2, -0.15) is 0 Å². The molecule has 3 heterocycles. The summed E-state index contributed by atoms with van der Waals surface area (Å²) in [6.07, 6.45) is 0. The minimum absolute atomic E-state index is 0.109. The van der Waals surface area contributed by atoms with Gasteiger partial charge in [0.05, 0.1) is 125 Å². The van der Waals surface area contributed by atoms with Gasteiger partial charge in [0.2, 0.25) is 17.7 Å². The molecule has 0 saturated carbocycles. The van der Waals surface area contributed by atoms with E-state index in [0.717, 1.165) is 27.8 Å². The number of phosphoric ester groups is 1. The summed E-state index contributed by atoms with van der Waals surface area (Å²) in [7, 11) is 8.38. The molecule has 6 atom stereocenters. The average Bonchev–Trinajstić information content (AvgIpc) is 0.735. The number of amides is 3. The quantitative estimate of drug-likeness (QED) is 0.0145. The van der Waals surface area contributed by atoms with Gasteiger partial charge in [-0.1, -0.05) is 127 Å². The molecule has 10 aromatic rings. The number of anilines is 3. The molecule has 111 heavy (non-hydrogen) atoms. The number of benzene rings is 10. The summed E-state index contributed by atoms with van der Waals surface area (Å²) in [5.74, 6) is 0.628. The first-order valence-corrected chi connectivity index (χ1v) is 36.1. The number of hydrogen-bond donors (Lipinski definition) is 5. The zero-order valence-corrected chi connectivity index (χ0v) is 63.1. The summed E-state index contributed by atoms with van der Waals surface area (Å²) < 4.78 is 76.2. The molecule has 3 amide bonds. The zero-order chi connectivity index (χ0) is 79.4. The highest BCUT2D eigenvalue weighted by atomic mass is 31.2. The maximum atomic E-state index is 13.8. The van der Waals surface area contributed by atoms with Gasteiger partial charge in [-0.05, 0) is 100 Å². The predicted molar refractivity (Wildman–Crippen MR) is 409 cm³/mol. The molecular formula is C84H82N3O23P. The highest BCUT2D eigenvalue weighted by molar-refractivity contribution is 7.46. The van der Waals surface area contributed by atoms with Crippen molar-refractivity contribution in [2.45, 2.75) is 62.6 Å². The minimum Gasteiger partial charge on any atom is -0.493 e. The standard InChI is InChI=1S/C32H29NO7.C27H27NO7.C25H26NO9P/c1-37-25-15-14-22(17-26(25)40-32(36)21-12-8-5-9-13-21)29-28(20-10-6-4-7-11-20)31(35)33(29)24-16-23(19-34)30(39-3)27(18-24)38-2;1-16(30)35-22-13-18(10-11-21(22)32-2)25-24(17-8-6-5-7-9-17)27(31)28(25)20-12-19(15-29)26(34-4)23(14-20)33-3;1-32-19-10-9-16(12-20(19)35-36(29,30)31)23-22(15-7-5-4-6-8-15)25(28)26(23)18-11-17(14-27)24(34-3)21(13-18)33-2/h4-18,28-29,34H,19H2,1-3H3;5-14,24-25,29H,15H2,1-4H3;4-13,22-23,27H,14H2,1-3H3,(H2,29,30,31)/t28-,29?;24-,25?;22-,23-/m000/s1. The van der Waals surface area contributed by atoms with Crippen molar-refractivity contribution >= 4 is 54.5 Å². The van der Waals surface area contributed by atoms with Crippen LogP contribution < -0.4 is 71.3 Å². The third-order valence-corrected chi connectivity index (χ3v) is 19.4. The van der Waals surface area contributed by atoms with Gasteiger partial charge in [0.15, 0.2) is 69.0 Å². The van der Waals surface area contributed by atoms with E-state index in [1.165, 1.54) is 83.0 Å². The van der Waals surface area contributed by atoms with Gasteiger partial charge in [0, 0.05) is 58.9 Å². The van der Waals surface area contributed by atoms with Crippen LogP contribution in [-0.4, -0.2) is 119 Å². The van der Waals surface area contributed by atoms with Gasteiger partial charge in [-0.3, -0.25) is 29.0 Å². The second-order valence-corrected chi connectivity index (χ2v) is 26.4. The minimum atomic E-state index is -4.88. The van der Waals surface area contributed by atoms with Crippen molar-refractivity contribution in [2.75, 3.05) is 78.7 Å². The first-order valence-electron chi connectivity index (χ1n) is 34.6. The molecule has 3 aliphatic heterocycles. The molecule has 0 aliphatic carbocycles. The molecule has 5 N–H and O–H groups in total. The number of β-lactam (4-membered cyclic amide) rings is 3. The summed E-state index contributed by atoms with van der Waals surface area (Å²) in [4.78, 5) is 89.0. The number of carbonyl (C=O) groups is 5. The highest BCUT2D eigenvalue weighted by Crippen LogP contribution is 2.56. The number of methoxy groups -OCH3 is 9. The number of ether oxygens (including phenoxy) is 11. The molecule has 2 unspecified atom stereocenters. The summed E-state index contributed by atoms with van der Waals surface area (Å²) in [6.45, 7) is 0.384. The fourth-order valence-electron chi connectivity index (χ4n) is 14.0. The van der Waals surface area contributed by atoms with E-state index in [4.69, 9.17) is 56.6 Å². The van der Waals surface area contributed by atoms with Gasteiger partial charge < -0.3 is 86.6 Å². The molecule has 26 nitrogen and oxygen atoms in total. The molecule has 0 radical (unpaired) electrons. The van der Waals surface area contributed by atoms with Crippen LogP contribution in [0.2, 0.25) is 0 Å². The normalized spacial score (nSPS) is 16.8. The lowest BCUT2D eigenvalue weighted by Gasteiger charge is -2.48. The predicted octanol–water partition coefficient (Wildman–Crippen LogP) is 12.8. The smallest absolute Gasteiger partial charge is 0.493 e. The van der Waals surface area contributed by atoms with E-state index >= 15 is 0 Å². The number of aliphatic hydroxyl groups is 3. The Bertz CT molecular complexity index is 4990. The second kappa shape index (κ2) is 35.3. The number of aliphatic hydroxyl groups excluding tert-OH is 3. The van der Waals surface area contributed by atoms with Gasteiger partial charge in [-0.25, -0.2) is 9.36 Å². The lowest BCUT2D eigenvalue weighted by Crippen LogP contribution is -2.53. The lowest BCUT2D eigenvalue weighted by molar-refractivity contribution is -0.132. The maximum Gasteiger partial charge on any atom is 0.524 e. The summed E-state index contributed by atoms with van der Waals surface area (Å²) in [6, 6.07) is 60.9. The van der Waals surface area contributed by atoms with Crippen molar-refractivity contribution in [1.82, 2.24) is 0 Å². The largest absolute Gasteiger partial charge is 0.524 e. The Morgan fingerprint density at radius 3 is 0.910 bits per heavy atom. The Labute approximate surface area is 640 Å². The average molecular weight is 1530 g/mol. The summed E-state index contributed by atoms with van der Waals surface area (Å²) in [5.41, 5.74) is 7.94. The third-order valence-electron chi connectivity index (χ3n) is 19.0. The number of hydrogen-bond acceptors (Lipinski definition) is 21. The second-order valence-electron chi connectivity index (χ2n) is 25.3. The highest BCUT2D eigenvalue weighted by Gasteiger charge is 2.53. The SMILES string of the molecule is COc1ccc(C2[C@H](c3ccccc3)C(=O)N2c2cc(CO)c(OC)c(OC)c2)cc1OC(=O)c1ccccc1.COc1ccc(C2[C@H](c3ccccc3)C(=O)N2c2cc(CO)c(OC)c(OC)c2)cc1OC(C)=O.COc1ccc([C@H]2[C@H](c3ccccc3)C(=O)N2c2cc(CO)c(OC)c(OC)c2)cc1OP(=O)(O)O.